The fourth-order valence-corrected chi connectivity index (χ4v) is 4.13. The van der Waals surface area contributed by atoms with Crippen LogP contribution in [0.25, 0.3) is 0 Å². The Bertz CT molecular complexity index is 972. The number of amides is 1. The van der Waals surface area contributed by atoms with E-state index < -0.39 is 29.7 Å². The van der Waals surface area contributed by atoms with Crippen LogP contribution in [0.3, 0.4) is 0 Å². The predicted octanol–water partition coefficient (Wildman–Crippen LogP) is 4.75. The van der Waals surface area contributed by atoms with E-state index in [-0.39, 0.29) is 24.9 Å². The number of carboxylic acids is 1. The molecule has 1 N–H and O–H groups in total. The molecule has 2 aromatic rings. The van der Waals surface area contributed by atoms with Crippen molar-refractivity contribution in [2.45, 2.75) is 40.2 Å². The van der Waals surface area contributed by atoms with Crippen LogP contribution >= 0.6 is 0 Å². The van der Waals surface area contributed by atoms with Crippen molar-refractivity contribution in [3.05, 3.63) is 60.2 Å². The molecule has 7 nitrogen and oxygen atoms in total. The zero-order valence-corrected chi connectivity index (χ0v) is 20.0. The molecule has 2 aromatic carbocycles. The zero-order chi connectivity index (χ0) is 24.7. The lowest BCUT2D eigenvalue weighted by Gasteiger charge is -2.41. The average Bonchev–Trinajstić information content (AvgIpc) is 2.78. The van der Waals surface area contributed by atoms with Gasteiger partial charge in [0.25, 0.3) is 0 Å². The second-order valence-corrected chi connectivity index (χ2v) is 9.16. The van der Waals surface area contributed by atoms with Crippen molar-refractivity contribution in [3.8, 4) is 11.5 Å². The number of esters is 1. The largest absolute Gasteiger partial charge is 0.481 e. The fourth-order valence-electron chi connectivity index (χ4n) is 4.13. The minimum absolute atomic E-state index is 0.161. The smallest absolute Gasteiger partial charge is 0.309 e. The number of aliphatic carboxylic acids is 1. The van der Waals surface area contributed by atoms with E-state index in [0.717, 1.165) is 17.7 Å². The fraction of sp³-hybridized carbons (Fsp3) is 0.444. The Balaban J connectivity index is 1.64. The summed E-state index contributed by atoms with van der Waals surface area (Å²) in [5.74, 6) is -2.84. The third-order valence-corrected chi connectivity index (χ3v) is 5.92. The maximum atomic E-state index is 13.3. The summed E-state index contributed by atoms with van der Waals surface area (Å²) >= 11 is 0. The number of carboxylic acid groups (broad SMARTS) is 1. The van der Waals surface area contributed by atoms with E-state index in [2.05, 4.69) is 0 Å². The molecule has 0 aliphatic heterocycles. The lowest BCUT2D eigenvalue weighted by Crippen LogP contribution is -2.54. The van der Waals surface area contributed by atoms with Crippen molar-refractivity contribution < 1.29 is 29.0 Å². The molecule has 3 unspecified atom stereocenters. The highest BCUT2D eigenvalue weighted by atomic mass is 16.5. The van der Waals surface area contributed by atoms with Gasteiger partial charge in [0.1, 0.15) is 11.5 Å². The first-order valence-electron chi connectivity index (χ1n) is 11.8. The Morgan fingerprint density at radius 3 is 2.24 bits per heavy atom. The number of hydrogen-bond acceptors (Lipinski definition) is 5. The Morgan fingerprint density at radius 2 is 1.65 bits per heavy atom. The molecule has 0 spiro atoms. The van der Waals surface area contributed by atoms with E-state index in [0.29, 0.717) is 18.8 Å². The second-order valence-electron chi connectivity index (χ2n) is 9.16. The van der Waals surface area contributed by atoms with Crippen LogP contribution in [0.5, 0.6) is 11.5 Å². The highest BCUT2D eigenvalue weighted by Crippen LogP contribution is 2.43. The maximum absolute atomic E-state index is 13.3. The van der Waals surface area contributed by atoms with Crippen LogP contribution < -0.4 is 4.74 Å². The van der Waals surface area contributed by atoms with Gasteiger partial charge in [-0.3, -0.25) is 14.4 Å². The van der Waals surface area contributed by atoms with Crippen LogP contribution in [0.1, 0.15) is 39.2 Å². The summed E-state index contributed by atoms with van der Waals surface area (Å²) in [5.41, 5.74) is 0.918. The molecule has 1 aliphatic carbocycles. The molecule has 3 atom stereocenters. The lowest BCUT2D eigenvalue weighted by atomic mass is 9.64. The quantitative estimate of drug-likeness (QED) is 0.479. The zero-order valence-electron chi connectivity index (χ0n) is 20.0. The molecule has 182 valence electrons. The van der Waals surface area contributed by atoms with Crippen molar-refractivity contribution in [1.82, 2.24) is 4.90 Å². The molecule has 34 heavy (non-hydrogen) atoms. The maximum Gasteiger partial charge on any atom is 0.309 e. The van der Waals surface area contributed by atoms with Gasteiger partial charge in [-0.05, 0) is 48.6 Å². The van der Waals surface area contributed by atoms with Gasteiger partial charge in [-0.2, -0.15) is 0 Å². The molecule has 1 fully saturated rings. The van der Waals surface area contributed by atoms with Crippen molar-refractivity contribution in [2.24, 2.45) is 23.7 Å². The van der Waals surface area contributed by atoms with E-state index in [1.54, 1.807) is 4.90 Å². The standard InChI is InChI=1S/C27H33NO6/c1-4-14-28(16-19-10-12-21(13-11-19)34-20-8-6-5-7-9-20)25(29)22-15-23(24(22)26(30)31)27(32)33-17-18(2)3/h5-13,18,22-24H,4,14-17H2,1-3H3,(H,30,31). The van der Waals surface area contributed by atoms with Crippen LogP contribution in [0.4, 0.5) is 0 Å². The topological polar surface area (TPSA) is 93.1 Å². The summed E-state index contributed by atoms with van der Waals surface area (Å²) in [7, 11) is 0. The predicted molar refractivity (Wildman–Crippen MR) is 127 cm³/mol. The highest BCUT2D eigenvalue weighted by Gasteiger charge is 2.54. The lowest BCUT2D eigenvalue weighted by molar-refractivity contribution is -0.175. The van der Waals surface area contributed by atoms with Gasteiger partial charge >= 0.3 is 11.9 Å². The molecule has 0 saturated heterocycles. The van der Waals surface area contributed by atoms with Gasteiger partial charge in [-0.25, -0.2) is 0 Å². The molecule has 7 heteroatoms. The van der Waals surface area contributed by atoms with Crippen LogP contribution in [-0.2, 0) is 25.7 Å². The second kappa shape index (κ2) is 11.7. The number of carbonyl (C=O) groups is 3. The van der Waals surface area contributed by atoms with E-state index in [4.69, 9.17) is 9.47 Å². The molecule has 0 aromatic heterocycles. The van der Waals surface area contributed by atoms with Crippen LogP contribution in [0, 0.1) is 23.7 Å². The van der Waals surface area contributed by atoms with Gasteiger partial charge in [0.2, 0.25) is 5.91 Å². The van der Waals surface area contributed by atoms with Crippen molar-refractivity contribution in [1.29, 1.82) is 0 Å². The van der Waals surface area contributed by atoms with Crippen molar-refractivity contribution >= 4 is 17.8 Å². The van der Waals surface area contributed by atoms with Gasteiger partial charge in [0.15, 0.2) is 0 Å². The molecule has 1 amide bonds. The molecule has 1 saturated carbocycles. The molecule has 1 aliphatic rings. The Labute approximate surface area is 200 Å². The summed E-state index contributed by atoms with van der Waals surface area (Å²) in [6, 6.07) is 17.0. The number of para-hydroxylation sites is 1. The number of benzene rings is 2. The number of hydrogen-bond donors (Lipinski definition) is 1. The van der Waals surface area contributed by atoms with E-state index in [1.165, 1.54) is 0 Å². The number of rotatable bonds is 11. The van der Waals surface area contributed by atoms with E-state index >= 15 is 0 Å². The summed E-state index contributed by atoms with van der Waals surface area (Å²) in [6.45, 7) is 6.91. The third kappa shape index (κ3) is 6.37. The van der Waals surface area contributed by atoms with Crippen molar-refractivity contribution in [2.75, 3.05) is 13.2 Å². The molecule has 3 rings (SSSR count). The van der Waals surface area contributed by atoms with Crippen LogP contribution in [0.2, 0.25) is 0 Å². The SMILES string of the molecule is CCCN(Cc1ccc(Oc2ccccc2)cc1)C(=O)C1CC(C(=O)OCC(C)C)C1C(=O)O. The molecular weight excluding hydrogens is 434 g/mol. The average molecular weight is 468 g/mol. The van der Waals surface area contributed by atoms with Gasteiger partial charge in [0, 0.05) is 13.1 Å². The van der Waals surface area contributed by atoms with Crippen LogP contribution in [0.15, 0.2) is 54.6 Å². The van der Waals surface area contributed by atoms with E-state index in [1.807, 2.05) is 75.4 Å². The summed E-state index contributed by atoms with van der Waals surface area (Å²) in [5, 5.41) is 9.71. The monoisotopic (exact) mass is 467 g/mol. The third-order valence-electron chi connectivity index (χ3n) is 5.92. The van der Waals surface area contributed by atoms with Gasteiger partial charge in [-0.1, -0.05) is 51.1 Å². The minimum Gasteiger partial charge on any atom is -0.481 e. The van der Waals surface area contributed by atoms with Gasteiger partial charge in [-0.15, -0.1) is 0 Å². The van der Waals surface area contributed by atoms with Crippen LogP contribution in [-0.4, -0.2) is 41.0 Å². The number of ether oxygens (including phenoxy) is 2. The van der Waals surface area contributed by atoms with Gasteiger partial charge in [0.05, 0.1) is 24.4 Å². The normalized spacial score (nSPS) is 19.2. The first-order chi connectivity index (χ1) is 16.3. The van der Waals surface area contributed by atoms with E-state index in [9.17, 15) is 19.5 Å². The summed E-state index contributed by atoms with van der Waals surface area (Å²) in [6.07, 6.45) is 0.946. The molecular formula is C27H33NO6. The minimum atomic E-state index is -1.13. The number of carbonyl (C=O) groups excluding carboxylic acids is 2. The Morgan fingerprint density at radius 1 is 1.00 bits per heavy atom. The highest BCUT2D eigenvalue weighted by molar-refractivity contribution is 5.92. The summed E-state index contributed by atoms with van der Waals surface area (Å²) < 4.78 is 11.1. The Hall–Kier alpha value is -3.35. The first kappa shape index (κ1) is 25.3. The number of nitrogens with zero attached hydrogens (tertiary/aromatic N) is 1. The van der Waals surface area contributed by atoms with Gasteiger partial charge < -0.3 is 19.5 Å². The summed E-state index contributed by atoms with van der Waals surface area (Å²) in [4.78, 5) is 39.2. The van der Waals surface area contributed by atoms with Crippen molar-refractivity contribution in [3.63, 3.8) is 0 Å². The molecule has 0 heterocycles. The Kier molecular flexibility index (Phi) is 8.68. The molecule has 0 radical (unpaired) electrons. The molecule has 0 bridgehead atoms. The first-order valence-corrected chi connectivity index (χ1v) is 11.8.